The Hall–Kier alpha value is -2.37. The van der Waals surface area contributed by atoms with Crippen molar-refractivity contribution in [1.82, 2.24) is 9.80 Å². The summed E-state index contributed by atoms with van der Waals surface area (Å²) in [5.41, 5.74) is 3.03. The molecule has 0 bridgehead atoms. The summed E-state index contributed by atoms with van der Waals surface area (Å²) in [6, 6.07) is 15.4. The molecule has 1 N–H and O–H groups in total. The monoisotopic (exact) mass is 368 g/mol. The highest BCUT2D eigenvalue weighted by molar-refractivity contribution is 5.94. The van der Waals surface area contributed by atoms with Crippen LogP contribution in [0.5, 0.6) is 5.75 Å². The van der Waals surface area contributed by atoms with E-state index in [-0.39, 0.29) is 12.5 Å². The van der Waals surface area contributed by atoms with Crippen LogP contribution in [0.2, 0.25) is 0 Å². The van der Waals surface area contributed by atoms with Crippen LogP contribution in [-0.2, 0) is 0 Å². The molecule has 0 spiro atoms. The van der Waals surface area contributed by atoms with Crippen molar-refractivity contribution in [3.05, 3.63) is 65.2 Å². The number of ether oxygens (including phenoxy) is 1. The van der Waals surface area contributed by atoms with E-state index in [1.807, 2.05) is 61.2 Å². The topological polar surface area (TPSA) is 53.0 Å². The number of hydrogen-bond acceptors (Lipinski definition) is 4. The number of aryl methyl sites for hydroxylation is 2. The van der Waals surface area contributed by atoms with Gasteiger partial charge in [-0.25, -0.2) is 0 Å². The van der Waals surface area contributed by atoms with Crippen molar-refractivity contribution < 1.29 is 14.6 Å². The first kappa shape index (κ1) is 19.4. The van der Waals surface area contributed by atoms with Gasteiger partial charge >= 0.3 is 0 Å². The van der Waals surface area contributed by atoms with Gasteiger partial charge in [-0.1, -0.05) is 24.3 Å². The second-order valence-corrected chi connectivity index (χ2v) is 7.25. The maximum absolute atomic E-state index is 12.5. The number of hydrogen-bond donors (Lipinski definition) is 1. The number of piperazine rings is 1. The lowest BCUT2D eigenvalue weighted by Crippen LogP contribution is -2.50. The van der Waals surface area contributed by atoms with Crippen LogP contribution in [0.25, 0.3) is 0 Å². The number of carbonyl (C=O) groups is 1. The summed E-state index contributed by atoms with van der Waals surface area (Å²) in [5, 5.41) is 10.3. The van der Waals surface area contributed by atoms with Crippen LogP contribution < -0.4 is 4.74 Å². The second-order valence-electron chi connectivity index (χ2n) is 7.25. The standard InChI is InChI=1S/C22H28N2O3/c1-17-12-18(2)14-21(13-17)27-16-20(25)15-23-8-10-24(11-9-23)22(26)19-6-4-3-5-7-19/h3-7,12-14,20,25H,8-11,15-16H2,1-2H3. The molecule has 0 aliphatic carbocycles. The first-order valence-corrected chi connectivity index (χ1v) is 9.47. The molecule has 0 saturated carbocycles. The minimum atomic E-state index is -0.554. The third-order valence-corrected chi connectivity index (χ3v) is 4.79. The van der Waals surface area contributed by atoms with Crippen LogP contribution in [0.3, 0.4) is 0 Å². The van der Waals surface area contributed by atoms with Gasteiger partial charge in [0.15, 0.2) is 0 Å². The molecule has 1 amide bonds. The smallest absolute Gasteiger partial charge is 0.253 e. The van der Waals surface area contributed by atoms with Gasteiger partial charge in [-0.15, -0.1) is 0 Å². The molecule has 5 nitrogen and oxygen atoms in total. The minimum absolute atomic E-state index is 0.0777. The van der Waals surface area contributed by atoms with Crippen molar-refractivity contribution in [3.8, 4) is 5.75 Å². The average molecular weight is 368 g/mol. The highest BCUT2D eigenvalue weighted by Gasteiger charge is 2.23. The highest BCUT2D eigenvalue weighted by atomic mass is 16.5. The molecule has 2 aromatic carbocycles. The largest absolute Gasteiger partial charge is 0.491 e. The molecule has 1 fully saturated rings. The Morgan fingerprint density at radius 3 is 2.30 bits per heavy atom. The van der Waals surface area contributed by atoms with Crippen LogP contribution in [-0.4, -0.2) is 66.2 Å². The summed E-state index contributed by atoms with van der Waals surface area (Å²) in [7, 11) is 0. The van der Waals surface area contributed by atoms with Gasteiger partial charge in [0.1, 0.15) is 18.5 Å². The van der Waals surface area contributed by atoms with E-state index in [0.29, 0.717) is 19.6 Å². The Morgan fingerprint density at radius 1 is 1.04 bits per heavy atom. The fourth-order valence-corrected chi connectivity index (χ4v) is 3.46. The molecule has 27 heavy (non-hydrogen) atoms. The van der Waals surface area contributed by atoms with E-state index in [2.05, 4.69) is 11.0 Å². The number of amides is 1. The van der Waals surface area contributed by atoms with Gasteiger partial charge in [0.05, 0.1) is 0 Å². The maximum atomic E-state index is 12.5. The third kappa shape index (κ3) is 5.55. The van der Waals surface area contributed by atoms with E-state index in [1.54, 1.807) is 0 Å². The molecule has 144 valence electrons. The number of rotatable bonds is 6. The first-order chi connectivity index (χ1) is 13.0. The molecule has 1 aliphatic rings. The van der Waals surface area contributed by atoms with Gasteiger partial charge in [-0.05, 0) is 49.2 Å². The molecule has 5 heteroatoms. The molecule has 1 heterocycles. The van der Waals surface area contributed by atoms with E-state index in [1.165, 1.54) is 0 Å². The number of nitrogens with zero attached hydrogens (tertiary/aromatic N) is 2. The summed E-state index contributed by atoms with van der Waals surface area (Å²) >= 11 is 0. The van der Waals surface area contributed by atoms with Gasteiger partial charge in [-0.2, -0.15) is 0 Å². The Labute approximate surface area is 161 Å². The quantitative estimate of drug-likeness (QED) is 0.851. The molecule has 2 aromatic rings. The number of aliphatic hydroxyl groups is 1. The lowest BCUT2D eigenvalue weighted by Gasteiger charge is -2.35. The molecular weight excluding hydrogens is 340 g/mol. The summed E-state index contributed by atoms with van der Waals surface area (Å²) in [6.07, 6.45) is -0.554. The Morgan fingerprint density at radius 2 is 1.67 bits per heavy atom. The summed E-state index contributed by atoms with van der Waals surface area (Å²) in [6.45, 7) is 7.78. The molecule has 3 rings (SSSR count). The van der Waals surface area contributed by atoms with Crippen molar-refractivity contribution in [1.29, 1.82) is 0 Å². The van der Waals surface area contributed by atoms with E-state index in [4.69, 9.17) is 4.74 Å². The molecule has 1 atom stereocenters. The fraction of sp³-hybridized carbons (Fsp3) is 0.409. The zero-order chi connectivity index (χ0) is 19.2. The second kappa shape index (κ2) is 9.02. The molecule has 0 radical (unpaired) electrons. The summed E-state index contributed by atoms with van der Waals surface area (Å²) in [5.74, 6) is 0.874. The SMILES string of the molecule is Cc1cc(C)cc(OCC(O)CN2CCN(C(=O)c3ccccc3)CC2)c1. The Kier molecular flexibility index (Phi) is 6.48. The summed E-state index contributed by atoms with van der Waals surface area (Å²) < 4.78 is 5.75. The van der Waals surface area contributed by atoms with Crippen LogP contribution in [0.1, 0.15) is 21.5 Å². The number of carbonyl (C=O) groups excluding carboxylic acids is 1. The van der Waals surface area contributed by atoms with Gasteiger partial charge in [-0.3, -0.25) is 9.69 Å². The zero-order valence-corrected chi connectivity index (χ0v) is 16.1. The van der Waals surface area contributed by atoms with Crippen LogP contribution >= 0.6 is 0 Å². The van der Waals surface area contributed by atoms with Crippen molar-refractivity contribution in [3.63, 3.8) is 0 Å². The van der Waals surface area contributed by atoms with Gasteiger partial charge in [0.25, 0.3) is 5.91 Å². The van der Waals surface area contributed by atoms with Crippen LogP contribution in [0.15, 0.2) is 48.5 Å². The van der Waals surface area contributed by atoms with E-state index in [0.717, 1.165) is 35.5 Å². The predicted octanol–water partition coefficient (Wildman–Crippen LogP) is 2.50. The van der Waals surface area contributed by atoms with Crippen LogP contribution in [0.4, 0.5) is 0 Å². The van der Waals surface area contributed by atoms with E-state index in [9.17, 15) is 9.90 Å². The highest BCUT2D eigenvalue weighted by Crippen LogP contribution is 2.16. The first-order valence-electron chi connectivity index (χ1n) is 9.47. The van der Waals surface area contributed by atoms with Gasteiger partial charge in [0.2, 0.25) is 0 Å². The predicted molar refractivity (Wildman–Crippen MR) is 106 cm³/mol. The lowest BCUT2D eigenvalue weighted by molar-refractivity contribution is 0.0403. The summed E-state index contributed by atoms with van der Waals surface area (Å²) in [4.78, 5) is 16.5. The van der Waals surface area contributed by atoms with Gasteiger partial charge < -0.3 is 14.7 Å². The Balaban J connectivity index is 1.42. The van der Waals surface area contributed by atoms with Crippen molar-refractivity contribution in [2.24, 2.45) is 0 Å². The van der Waals surface area contributed by atoms with Gasteiger partial charge in [0, 0.05) is 38.3 Å². The number of benzene rings is 2. The minimum Gasteiger partial charge on any atom is -0.491 e. The van der Waals surface area contributed by atoms with Crippen molar-refractivity contribution in [2.75, 3.05) is 39.3 Å². The zero-order valence-electron chi connectivity index (χ0n) is 16.1. The number of aliphatic hydroxyl groups excluding tert-OH is 1. The molecule has 1 aliphatic heterocycles. The Bertz CT molecular complexity index is 735. The van der Waals surface area contributed by atoms with Crippen LogP contribution in [0, 0.1) is 13.8 Å². The molecular formula is C22H28N2O3. The van der Waals surface area contributed by atoms with E-state index >= 15 is 0 Å². The molecule has 1 unspecified atom stereocenters. The lowest BCUT2D eigenvalue weighted by atomic mass is 10.1. The maximum Gasteiger partial charge on any atom is 0.253 e. The molecule has 1 saturated heterocycles. The van der Waals surface area contributed by atoms with E-state index < -0.39 is 6.10 Å². The normalized spacial score (nSPS) is 16.2. The van der Waals surface area contributed by atoms with Crippen molar-refractivity contribution in [2.45, 2.75) is 20.0 Å². The number of β-amino-alcohol motifs (C(OH)–C–C–N with tert-alkyl or cyclic N) is 1. The van der Waals surface area contributed by atoms with Crippen molar-refractivity contribution >= 4 is 5.91 Å². The fourth-order valence-electron chi connectivity index (χ4n) is 3.46. The average Bonchev–Trinajstić information content (AvgIpc) is 2.66. The molecule has 0 aromatic heterocycles. The third-order valence-electron chi connectivity index (χ3n) is 4.79.